The van der Waals surface area contributed by atoms with Crippen molar-refractivity contribution in [1.82, 2.24) is 5.32 Å². The maximum Gasteiger partial charge on any atom is 0.416 e. The minimum Gasteiger partial charge on any atom is -0.391 e. The molecule has 0 spiro atoms. The van der Waals surface area contributed by atoms with E-state index >= 15 is 0 Å². The van der Waals surface area contributed by atoms with E-state index in [1.807, 2.05) is 6.26 Å². The van der Waals surface area contributed by atoms with Crippen LogP contribution in [0.4, 0.5) is 13.2 Å². The molecule has 1 aliphatic rings. The van der Waals surface area contributed by atoms with Crippen molar-refractivity contribution in [1.29, 1.82) is 0 Å². The summed E-state index contributed by atoms with van der Waals surface area (Å²) in [7, 11) is 1.66. The van der Waals surface area contributed by atoms with Crippen LogP contribution in [0.25, 0.3) is 5.57 Å². The molecule has 0 atom stereocenters. The summed E-state index contributed by atoms with van der Waals surface area (Å²) in [6.07, 6.45) is -2.17. The van der Waals surface area contributed by atoms with Crippen molar-refractivity contribution in [2.24, 2.45) is 0 Å². The Kier molecular flexibility index (Phi) is 4.46. The van der Waals surface area contributed by atoms with Crippen molar-refractivity contribution in [2.75, 3.05) is 13.3 Å². The van der Waals surface area contributed by atoms with Crippen LogP contribution in [0, 0.1) is 0 Å². The molecule has 21 heavy (non-hydrogen) atoms. The van der Waals surface area contributed by atoms with E-state index in [1.54, 1.807) is 12.5 Å². The van der Waals surface area contributed by atoms with Gasteiger partial charge in [-0.15, -0.1) is 11.8 Å². The summed E-state index contributed by atoms with van der Waals surface area (Å²) < 4.78 is 38.4. The lowest BCUT2D eigenvalue weighted by Gasteiger charge is -2.10. The third kappa shape index (κ3) is 3.15. The third-order valence-corrected chi connectivity index (χ3v) is 3.75. The van der Waals surface area contributed by atoms with Crippen LogP contribution in [-0.2, 0) is 11.0 Å². The number of hydrogen-bond donors (Lipinski definition) is 1. The van der Waals surface area contributed by atoms with Crippen LogP contribution in [0.2, 0.25) is 0 Å². The molecule has 0 aromatic heterocycles. The van der Waals surface area contributed by atoms with E-state index in [1.165, 1.54) is 23.9 Å². The Morgan fingerprint density at radius 3 is 2.62 bits per heavy atom. The topological polar surface area (TPSA) is 29.1 Å². The Hall–Kier alpha value is -1.69. The highest BCUT2D eigenvalue weighted by molar-refractivity contribution is 8.01. The number of halogens is 3. The lowest BCUT2D eigenvalue weighted by Crippen LogP contribution is -2.08. The molecule has 0 unspecified atom stereocenters. The summed E-state index contributed by atoms with van der Waals surface area (Å²) in [6, 6.07) is 4.87. The van der Waals surface area contributed by atoms with Gasteiger partial charge in [-0.25, -0.2) is 0 Å². The summed E-state index contributed by atoms with van der Waals surface area (Å²) in [5.74, 6) is -0.215. The SMILES string of the molecule is CNC1=C(c2cccc(C(F)(F)F)c2)C(=O)C(=CSC)C1. The summed E-state index contributed by atoms with van der Waals surface area (Å²) in [5, 5.41) is 4.65. The van der Waals surface area contributed by atoms with Gasteiger partial charge in [0, 0.05) is 30.3 Å². The predicted molar refractivity (Wildman–Crippen MR) is 78.6 cm³/mol. The van der Waals surface area contributed by atoms with Crippen molar-refractivity contribution in [2.45, 2.75) is 12.6 Å². The van der Waals surface area contributed by atoms with Gasteiger partial charge < -0.3 is 5.32 Å². The van der Waals surface area contributed by atoms with E-state index in [-0.39, 0.29) is 5.78 Å². The molecule has 0 radical (unpaired) electrons. The molecule has 0 aliphatic heterocycles. The van der Waals surface area contributed by atoms with E-state index in [0.717, 1.165) is 12.1 Å². The van der Waals surface area contributed by atoms with Gasteiger partial charge in [0.1, 0.15) is 0 Å². The summed E-state index contributed by atoms with van der Waals surface area (Å²) in [5.41, 5.74) is 1.12. The lowest BCUT2D eigenvalue weighted by atomic mass is 10.0. The maximum atomic E-state index is 12.8. The number of Topliss-reactive ketones (excluding diaryl/α,β-unsaturated/α-hetero) is 1. The Bertz CT molecular complexity index is 632. The second kappa shape index (κ2) is 5.97. The average molecular weight is 313 g/mol. The molecule has 2 nitrogen and oxygen atoms in total. The first-order valence-electron chi connectivity index (χ1n) is 6.23. The second-order valence-electron chi connectivity index (χ2n) is 4.57. The van der Waals surface area contributed by atoms with Crippen LogP contribution in [0.1, 0.15) is 17.5 Å². The van der Waals surface area contributed by atoms with Crippen LogP contribution in [-0.4, -0.2) is 19.1 Å². The first kappa shape index (κ1) is 15.7. The van der Waals surface area contributed by atoms with E-state index < -0.39 is 11.7 Å². The standard InChI is InChI=1S/C15H14F3NOS/c1-19-12-7-10(8-21-2)14(20)13(12)9-4-3-5-11(6-9)15(16,17)18/h3-6,8,19H,7H2,1-2H3. The Balaban J connectivity index is 2.50. The molecule has 2 rings (SSSR count). The van der Waals surface area contributed by atoms with Gasteiger partial charge in [0.2, 0.25) is 0 Å². The van der Waals surface area contributed by atoms with Crippen molar-refractivity contribution in [3.05, 3.63) is 52.1 Å². The van der Waals surface area contributed by atoms with Crippen molar-refractivity contribution >= 4 is 23.1 Å². The molecule has 6 heteroatoms. The summed E-state index contributed by atoms with van der Waals surface area (Å²) >= 11 is 1.40. The van der Waals surface area contributed by atoms with E-state index in [4.69, 9.17) is 0 Å². The van der Waals surface area contributed by atoms with Crippen molar-refractivity contribution in [3.63, 3.8) is 0 Å². The molecule has 1 aromatic rings. The van der Waals surface area contributed by atoms with Gasteiger partial charge in [-0.2, -0.15) is 13.2 Å². The van der Waals surface area contributed by atoms with Crippen LogP contribution < -0.4 is 5.32 Å². The van der Waals surface area contributed by atoms with Crippen LogP contribution >= 0.6 is 11.8 Å². The zero-order valence-electron chi connectivity index (χ0n) is 11.5. The molecular weight excluding hydrogens is 299 g/mol. The number of allylic oxidation sites excluding steroid dienone is 2. The van der Waals surface area contributed by atoms with E-state index in [0.29, 0.717) is 28.8 Å². The number of ketones is 1. The number of benzene rings is 1. The normalized spacial score (nSPS) is 17.8. The zero-order valence-corrected chi connectivity index (χ0v) is 12.4. The average Bonchev–Trinajstić information content (AvgIpc) is 2.75. The highest BCUT2D eigenvalue weighted by atomic mass is 32.2. The van der Waals surface area contributed by atoms with Gasteiger partial charge in [-0.3, -0.25) is 4.79 Å². The lowest BCUT2D eigenvalue weighted by molar-refractivity contribution is -0.137. The number of hydrogen-bond acceptors (Lipinski definition) is 3. The van der Waals surface area contributed by atoms with E-state index in [9.17, 15) is 18.0 Å². The fourth-order valence-corrected chi connectivity index (χ4v) is 2.74. The first-order valence-corrected chi connectivity index (χ1v) is 7.52. The Morgan fingerprint density at radius 1 is 1.33 bits per heavy atom. The fourth-order valence-electron chi connectivity index (χ4n) is 2.26. The smallest absolute Gasteiger partial charge is 0.391 e. The summed E-state index contributed by atoms with van der Waals surface area (Å²) in [6.45, 7) is 0. The quantitative estimate of drug-likeness (QED) is 0.859. The van der Waals surface area contributed by atoms with Gasteiger partial charge in [-0.1, -0.05) is 12.1 Å². The second-order valence-corrected chi connectivity index (χ2v) is 5.27. The number of rotatable bonds is 3. The van der Waals surface area contributed by atoms with Crippen LogP contribution in [0.15, 0.2) is 40.9 Å². The van der Waals surface area contributed by atoms with E-state index in [2.05, 4.69) is 5.32 Å². The minimum absolute atomic E-state index is 0.215. The Labute approximate surface area is 125 Å². The molecule has 0 saturated heterocycles. The predicted octanol–water partition coefficient (Wildman–Crippen LogP) is 3.86. The number of carbonyl (C=O) groups excluding carboxylic acids is 1. The zero-order chi connectivity index (χ0) is 15.6. The molecule has 0 heterocycles. The Morgan fingerprint density at radius 2 is 2.05 bits per heavy atom. The molecule has 1 aliphatic carbocycles. The summed E-state index contributed by atoms with van der Waals surface area (Å²) in [4.78, 5) is 12.4. The largest absolute Gasteiger partial charge is 0.416 e. The number of nitrogens with one attached hydrogen (secondary N) is 1. The molecule has 1 N–H and O–H groups in total. The van der Waals surface area contributed by atoms with Gasteiger partial charge >= 0.3 is 6.18 Å². The number of alkyl halides is 3. The highest BCUT2D eigenvalue weighted by Gasteiger charge is 2.33. The number of thioether (sulfide) groups is 1. The molecule has 0 saturated carbocycles. The third-order valence-electron chi connectivity index (χ3n) is 3.23. The van der Waals surface area contributed by atoms with Crippen molar-refractivity contribution < 1.29 is 18.0 Å². The fraction of sp³-hybridized carbons (Fsp3) is 0.267. The maximum absolute atomic E-state index is 12.8. The minimum atomic E-state index is -4.42. The molecule has 1 aromatic carbocycles. The number of carbonyl (C=O) groups is 1. The van der Waals surface area contributed by atoms with Gasteiger partial charge in [0.15, 0.2) is 5.78 Å². The molecule has 0 amide bonds. The van der Waals surface area contributed by atoms with Gasteiger partial charge in [-0.05, 0) is 29.4 Å². The van der Waals surface area contributed by atoms with Crippen molar-refractivity contribution in [3.8, 4) is 0 Å². The van der Waals surface area contributed by atoms with Crippen LogP contribution in [0.3, 0.4) is 0 Å². The molecule has 0 bridgehead atoms. The molecule has 0 fully saturated rings. The van der Waals surface area contributed by atoms with Crippen LogP contribution in [0.5, 0.6) is 0 Å². The molecular formula is C15H14F3NOS. The first-order chi connectivity index (χ1) is 9.88. The monoisotopic (exact) mass is 313 g/mol. The molecule has 112 valence electrons. The highest BCUT2D eigenvalue weighted by Crippen LogP contribution is 2.36. The van der Waals surface area contributed by atoms with Gasteiger partial charge in [0.25, 0.3) is 0 Å². The van der Waals surface area contributed by atoms with Gasteiger partial charge in [0.05, 0.1) is 5.56 Å².